The summed E-state index contributed by atoms with van der Waals surface area (Å²) < 4.78 is 33.8. The lowest BCUT2D eigenvalue weighted by Gasteiger charge is -2.22. The second kappa shape index (κ2) is 6.36. The van der Waals surface area contributed by atoms with Gasteiger partial charge in [-0.05, 0) is 30.5 Å². The highest BCUT2D eigenvalue weighted by molar-refractivity contribution is 5.73. The van der Waals surface area contributed by atoms with E-state index in [-0.39, 0.29) is 18.0 Å². The minimum Gasteiger partial charge on any atom is -0.381 e. The fourth-order valence-electron chi connectivity index (χ4n) is 3.17. The van der Waals surface area contributed by atoms with Crippen molar-refractivity contribution >= 4 is 11.0 Å². The Morgan fingerprint density at radius 3 is 2.64 bits per heavy atom. The van der Waals surface area contributed by atoms with Gasteiger partial charge in [0.25, 0.3) is 5.56 Å². The van der Waals surface area contributed by atoms with Gasteiger partial charge in [-0.1, -0.05) is 0 Å². The fourth-order valence-corrected chi connectivity index (χ4v) is 3.17. The first-order chi connectivity index (χ1) is 12.1. The van der Waals surface area contributed by atoms with Crippen molar-refractivity contribution in [2.75, 3.05) is 13.2 Å². The fraction of sp³-hybridized carbons (Fsp3) is 0.353. The first-order valence-corrected chi connectivity index (χ1v) is 8.09. The molecule has 1 fully saturated rings. The molecule has 0 bridgehead atoms. The average molecular weight is 346 g/mol. The molecule has 1 aromatic carbocycles. The number of nitrogens with zero attached hydrogens (tertiary/aromatic N) is 3. The SMILES string of the molecule is O=c1[nH]c(Cc2cc(F)cc(F)c2)nc2c1cnn2C1CCOCC1. The molecule has 0 radical (unpaired) electrons. The van der Waals surface area contributed by atoms with Crippen molar-refractivity contribution in [3.05, 3.63) is 57.8 Å². The van der Waals surface area contributed by atoms with Crippen molar-refractivity contribution < 1.29 is 13.5 Å². The molecule has 25 heavy (non-hydrogen) atoms. The first-order valence-electron chi connectivity index (χ1n) is 8.09. The van der Waals surface area contributed by atoms with E-state index in [9.17, 15) is 13.6 Å². The number of aromatic nitrogens is 4. The number of H-pyrrole nitrogens is 1. The number of halogens is 2. The summed E-state index contributed by atoms with van der Waals surface area (Å²) in [7, 11) is 0. The van der Waals surface area contributed by atoms with Crippen molar-refractivity contribution in [3.63, 3.8) is 0 Å². The summed E-state index contributed by atoms with van der Waals surface area (Å²) in [5.74, 6) is -0.979. The lowest BCUT2D eigenvalue weighted by molar-refractivity contribution is 0.0673. The highest BCUT2D eigenvalue weighted by atomic mass is 19.1. The van der Waals surface area contributed by atoms with Crippen LogP contribution in [0.3, 0.4) is 0 Å². The van der Waals surface area contributed by atoms with Crippen LogP contribution in [-0.2, 0) is 11.2 Å². The van der Waals surface area contributed by atoms with Crippen LogP contribution in [0.25, 0.3) is 11.0 Å². The Bertz CT molecular complexity index is 956. The summed E-state index contributed by atoms with van der Waals surface area (Å²) in [6.45, 7) is 1.29. The van der Waals surface area contributed by atoms with Crippen LogP contribution >= 0.6 is 0 Å². The molecule has 3 aromatic rings. The van der Waals surface area contributed by atoms with Crippen LogP contribution in [0.1, 0.15) is 30.3 Å². The molecule has 0 amide bonds. The van der Waals surface area contributed by atoms with Crippen LogP contribution in [-0.4, -0.2) is 33.0 Å². The zero-order chi connectivity index (χ0) is 17.4. The van der Waals surface area contributed by atoms with Gasteiger partial charge in [0.05, 0.1) is 12.2 Å². The smallest absolute Gasteiger partial charge is 0.262 e. The molecule has 0 atom stereocenters. The van der Waals surface area contributed by atoms with E-state index < -0.39 is 11.6 Å². The highest BCUT2D eigenvalue weighted by Crippen LogP contribution is 2.23. The second-order valence-corrected chi connectivity index (χ2v) is 6.14. The molecule has 2 aromatic heterocycles. The van der Waals surface area contributed by atoms with Crippen LogP contribution in [0.15, 0.2) is 29.2 Å². The summed E-state index contributed by atoms with van der Waals surface area (Å²) in [6.07, 6.45) is 3.23. The molecule has 0 spiro atoms. The third kappa shape index (κ3) is 3.17. The molecular formula is C17H16F2N4O2. The molecular weight excluding hydrogens is 330 g/mol. The van der Waals surface area contributed by atoms with E-state index in [2.05, 4.69) is 15.1 Å². The van der Waals surface area contributed by atoms with Crippen LogP contribution in [0.5, 0.6) is 0 Å². The van der Waals surface area contributed by atoms with E-state index in [1.54, 1.807) is 4.68 Å². The summed E-state index contributed by atoms with van der Waals surface area (Å²) in [5, 5.41) is 4.72. The van der Waals surface area contributed by atoms with Gasteiger partial charge in [0.15, 0.2) is 5.65 Å². The van der Waals surface area contributed by atoms with Crippen molar-refractivity contribution in [1.29, 1.82) is 0 Å². The maximum atomic E-state index is 13.4. The Kier molecular flexibility index (Phi) is 4.04. The van der Waals surface area contributed by atoms with Gasteiger partial charge in [-0.2, -0.15) is 5.10 Å². The molecule has 1 aliphatic rings. The molecule has 4 rings (SSSR count). The zero-order valence-corrected chi connectivity index (χ0v) is 13.3. The first kappa shape index (κ1) is 15.9. The normalized spacial score (nSPS) is 15.8. The molecule has 1 saturated heterocycles. The highest BCUT2D eigenvalue weighted by Gasteiger charge is 2.20. The summed E-state index contributed by atoms with van der Waals surface area (Å²) >= 11 is 0. The van der Waals surface area contributed by atoms with Gasteiger partial charge in [0.2, 0.25) is 0 Å². The summed E-state index contributed by atoms with van der Waals surface area (Å²) in [5.41, 5.74) is 0.579. The number of fused-ring (bicyclic) bond motifs is 1. The van der Waals surface area contributed by atoms with Gasteiger partial charge in [-0.25, -0.2) is 18.4 Å². The number of benzene rings is 1. The van der Waals surface area contributed by atoms with E-state index in [0.29, 0.717) is 35.6 Å². The van der Waals surface area contributed by atoms with Gasteiger partial charge in [0.1, 0.15) is 22.8 Å². The third-order valence-electron chi connectivity index (χ3n) is 4.34. The molecule has 1 aliphatic heterocycles. The minimum absolute atomic E-state index is 0.124. The van der Waals surface area contributed by atoms with Crippen LogP contribution < -0.4 is 5.56 Å². The number of rotatable bonds is 3. The average Bonchev–Trinajstić information content (AvgIpc) is 2.99. The Hall–Kier alpha value is -2.61. The molecule has 0 aliphatic carbocycles. The number of aromatic amines is 1. The van der Waals surface area contributed by atoms with E-state index in [1.165, 1.54) is 18.3 Å². The summed E-state index contributed by atoms with van der Waals surface area (Å²) in [4.78, 5) is 19.4. The number of nitrogens with one attached hydrogen (secondary N) is 1. The number of ether oxygens (including phenoxy) is 1. The topological polar surface area (TPSA) is 72.8 Å². The van der Waals surface area contributed by atoms with E-state index >= 15 is 0 Å². The Morgan fingerprint density at radius 1 is 1.20 bits per heavy atom. The van der Waals surface area contributed by atoms with Crippen LogP contribution in [0, 0.1) is 11.6 Å². The van der Waals surface area contributed by atoms with E-state index in [0.717, 1.165) is 18.9 Å². The van der Waals surface area contributed by atoms with Crippen LogP contribution in [0.4, 0.5) is 8.78 Å². The van der Waals surface area contributed by atoms with Crippen molar-refractivity contribution in [3.8, 4) is 0 Å². The second-order valence-electron chi connectivity index (χ2n) is 6.14. The maximum Gasteiger partial charge on any atom is 0.262 e. The molecule has 8 heteroatoms. The Labute approximate surface area is 141 Å². The molecule has 3 heterocycles. The van der Waals surface area contributed by atoms with Gasteiger partial charge >= 0.3 is 0 Å². The van der Waals surface area contributed by atoms with Gasteiger partial charge in [-0.3, -0.25) is 4.79 Å². The Morgan fingerprint density at radius 2 is 1.92 bits per heavy atom. The van der Waals surface area contributed by atoms with Crippen molar-refractivity contribution in [1.82, 2.24) is 19.7 Å². The standard InChI is InChI=1S/C17H16F2N4O2/c18-11-5-10(6-12(19)8-11)7-15-21-16-14(17(24)22-15)9-20-23(16)13-1-3-25-4-2-13/h5-6,8-9,13H,1-4,7H2,(H,21,22,24). The predicted octanol–water partition coefficient (Wildman–Crippen LogP) is 2.34. The molecule has 6 nitrogen and oxygen atoms in total. The molecule has 130 valence electrons. The Balaban J connectivity index is 1.73. The van der Waals surface area contributed by atoms with Gasteiger partial charge in [-0.15, -0.1) is 0 Å². The summed E-state index contributed by atoms with van der Waals surface area (Å²) in [6, 6.07) is 3.38. The quantitative estimate of drug-likeness (QED) is 0.790. The van der Waals surface area contributed by atoms with Gasteiger partial charge in [0, 0.05) is 25.7 Å². The minimum atomic E-state index is -0.661. The third-order valence-corrected chi connectivity index (χ3v) is 4.34. The monoisotopic (exact) mass is 346 g/mol. The van der Waals surface area contributed by atoms with Gasteiger partial charge < -0.3 is 9.72 Å². The molecule has 1 N–H and O–H groups in total. The lowest BCUT2D eigenvalue weighted by Crippen LogP contribution is -2.21. The van der Waals surface area contributed by atoms with Crippen molar-refractivity contribution in [2.45, 2.75) is 25.3 Å². The predicted molar refractivity (Wildman–Crippen MR) is 86.4 cm³/mol. The maximum absolute atomic E-state index is 13.4. The molecule has 0 unspecified atom stereocenters. The van der Waals surface area contributed by atoms with Crippen molar-refractivity contribution in [2.24, 2.45) is 0 Å². The lowest BCUT2D eigenvalue weighted by atomic mass is 10.1. The van der Waals surface area contributed by atoms with E-state index in [1.807, 2.05) is 0 Å². The van der Waals surface area contributed by atoms with E-state index in [4.69, 9.17) is 4.74 Å². The number of hydrogen-bond donors (Lipinski definition) is 1. The largest absolute Gasteiger partial charge is 0.381 e. The van der Waals surface area contributed by atoms with Crippen LogP contribution in [0.2, 0.25) is 0 Å². The number of hydrogen-bond acceptors (Lipinski definition) is 4. The zero-order valence-electron chi connectivity index (χ0n) is 13.3. The molecule has 0 saturated carbocycles.